The first-order valence-electron chi connectivity index (χ1n) is 4.86. The molecule has 1 atom stereocenters. The number of aliphatic hydroxyl groups is 1. The van der Waals surface area contributed by atoms with Crippen molar-refractivity contribution in [2.45, 2.75) is 19.4 Å². The molecule has 0 aromatic heterocycles. The average Bonchev–Trinajstić information content (AvgIpc) is 2.20. The third-order valence-corrected chi connectivity index (χ3v) is 2.01. The van der Waals surface area contributed by atoms with Gasteiger partial charge in [0.15, 0.2) is 11.6 Å². The lowest BCUT2D eigenvalue weighted by molar-refractivity contribution is -0.139. The van der Waals surface area contributed by atoms with Crippen LogP contribution in [-0.4, -0.2) is 22.8 Å². The Morgan fingerprint density at radius 2 is 2.25 bits per heavy atom. The molecule has 0 spiro atoms. The highest BCUT2D eigenvalue weighted by Crippen LogP contribution is 2.23. The van der Waals surface area contributed by atoms with Crippen molar-refractivity contribution in [3.05, 3.63) is 29.6 Å². The molecule has 1 rings (SSSR count). The van der Waals surface area contributed by atoms with Gasteiger partial charge in [-0.3, -0.25) is 4.79 Å². The molecule has 16 heavy (non-hydrogen) atoms. The van der Waals surface area contributed by atoms with E-state index < -0.39 is 24.3 Å². The monoisotopic (exact) mass is 228 g/mol. The Morgan fingerprint density at radius 3 is 2.75 bits per heavy atom. The number of aliphatic hydroxyl groups excluding tert-OH is 1. The van der Waals surface area contributed by atoms with Crippen molar-refractivity contribution in [1.82, 2.24) is 0 Å². The van der Waals surface area contributed by atoms with Crippen LogP contribution in [0.25, 0.3) is 0 Å². The minimum Gasteiger partial charge on any atom is -0.491 e. The smallest absolute Gasteiger partial charge is 0.306 e. The predicted octanol–water partition coefficient (Wildman–Crippen LogP) is 1.73. The van der Waals surface area contributed by atoms with E-state index in [4.69, 9.17) is 9.84 Å². The highest BCUT2D eigenvalue weighted by Gasteiger charge is 2.14. The molecule has 0 bridgehead atoms. The lowest BCUT2D eigenvalue weighted by Crippen LogP contribution is -2.06. The van der Waals surface area contributed by atoms with Crippen LogP contribution in [-0.2, 0) is 4.79 Å². The Labute approximate surface area is 92.3 Å². The van der Waals surface area contributed by atoms with Crippen molar-refractivity contribution in [3.63, 3.8) is 0 Å². The van der Waals surface area contributed by atoms with E-state index in [2.05, 4.69) is 0 Å². The molecule has 0 saturated carbocycles. The summed E-state index contributed by atoms with van der Waals surface area (Å²) in [5, 5.41) is 17.9. The SMILES string of the molecule is CCOc1ccc(C(O)CC(=O)O)cc1F. The maximum absolute atomic E-state index is 13.4. The van der Waals surface area contributed by atoms with Crippen LogP contribution in [0.2, 0.25) is 0 Å². The van der Waals surface area contributed by atoms with E-state index in [1.54, 1.807) is 6.92 Å². The molecule has 0 aliphatic carbocycles. The zero-order valence-corrected chi connectivity index (χ0v) is 8.81. The summed E-state index contributed by atoms with van der Waals surface area (Å²) in [6, 6.07) is 3.90. The van der Waals surface area contributed by atoms with Gasteiger partial charge in [-0.2, -0.15) is 0 Å². The first-order chi connectivity index (χ1) is 7.54. The number of aliphatic carboxylic acids is 1. The Balaban J connectivity index is 2.83. The fourth-order valence-corrected chi connectivity index (χ4v) is 1.28. The van der Waals surface area contributed by atoms with E-state index in [1.165, 1.54) is 12.1 Å². The quantitative estimate of drug-likeness (QED) is 0.805. The molecule has 1 aromatic rings. The third-order valence-electron chi connectivity index (χ3n) is 2.01. The fraction of sp³-hybridized carbons (Fsp3) is 0.364. The van der Waals surface area contributed by atoms with Crippen LogP contribution < -0.4 is 4.74 Å². The summed E-state index contributed by atoms with van der Waals surface area (Å²) in [6.07, 6.45) is -1.66. The topological polar surface area (TPSA) is 66.8 Å². The Kier molecular flexibility index (Phi) is 4.25. The van der Waals surface area contributed by atoms with E-state index in [0.29, 0.717) is 6.61 Å². The molecule has 0 fully saturated rings. The van der Waals surface area contributed by atoms with Gasteiger partial charge < -0.3 is 14.9 Å². The second-order valence-corrected chi connectivity index (χ2v) is 3.24. The van der Waals surface area contributed by atoms with Crippen LogP contribution in [0.3, 0.4) is 0 Å². The summed E-state index contributed by atoms with van der Waals surface area (Å²) >= 11 is 0. The first-order valence-corrected chi connectivity index (χ1v) is 4.86. The van der Waals surface area contributed by atoms with Crippen LogP contribution in [0.1, 0.15) is 25.0 Å². The second-order valence-electron chi connectivity index (χ2n) is 3.24. The molecule has 1 aromatic carbocycles. The van der Waals surface area contributed by atoms with Gasteiger partial charge >= 0.3 is 5.97 Å². The number of ether oxygens (including phenoxy) is 1. The lowest BCUT2D eigenvalue weighted by Gasteiger charge is -2.10. The van der Waals surface area contributed by atoms with Gasteiger partial charge in [0.2, 0.25) is 0 Å². The summed E-state index contributed by atoms with van der Waals surface area (Å²) < 4.78 is 18.3. The first kappa shape index (κ1) is 12.4. The maximum Gasteiger partial charge on any atom is 0.306 e. The van der Waals surface area contributed by atoms with Crippen LogP contribution in [0.15, 0.2) is 18.2 Å². The van der Waals surface area contributed by atoms with E-state index in [-0.39, 0.29) is 11.3 Å². The minimum absolute atomic E-state index is 0.0915. The molecule has 88 valence electrons. The van der Waals surface area contributed by atoms with Gasteiger partial charge in [0.1, 0.15) is 0 Å². The summed E-state index contributed by atoms with van der Waals surface area (Å²) in [6.45, 7) is 2.07. The van der Waals surface area contributed by atoms with Crippen LogP contribution in [0, 0.1) is 5.82 Å². The standard InChI is InChI=1S/C11H13FO4/c1-2-16-10-4-3-7(5-8(10)12)9(13)6-11(14)15/h3-5,9,13H,2,6H2,1H3,(H,14,15). The molecule has 0 aliphatic rings. The van der Waals surface area contributed by atoms with Gasteiger partial charge in [0.05, 0.1) is 19.1 Å². The molecule has 0 amide bonds. The number of carboxylic acid groups (broad SMARTS) is 1. The zero-order valence-electron chi connectivity index (χ0n) is 8.81. The maximum atomic E-state index is 13.4. The number of halogens is 1. The summed E-state index contributed by atoms with van der Waals surface area (Å²) in [5.74, 6) is -1.65. The van der Waals surface area contributed by atoms with Crippen LogP contribution >= 0.6 is 0 Å². The number of hydrogen-bond donors (Lipinski definition) is 2. The van der Waals surface area contributed by atoms with E-state index in [9.17, 15) is 14.3 Å². The molecule has 0 radical (unpaired) electrons. The highest BCUT2D eigenvalue weighted by atomic mass is 19.1. The molecule has 0 aliphatic heterocycles. The average molecular weight is 228 g/mol. The molecule has 5 heteroatoms. The summed E-state index contributed by atoms with van der Waals surface area (Å²) in [5.41, 5.74) is 0.225. The van der Waals surface area contributed by atoms with Gasteiger partial charge in [-0.15, -0.1) is 0 Å². The Hall–Kier alpha value is -1.62. The Bertz CT molecular complexity index is 378. The van der Waals surface area contributed by atoms with Gasteiger partial charge in [0, 0.05) is 0 Å². The van der Waals surface area contributed by atoms with Crippen molar-refractivity contribution < 1.29 is 24.1 Å². The lowest BCUT2D eigenvalue weighted by atomic mass is 10.1. The van der Waals surface area contributed by atoms with Crippen molar-refractivity contribution in [1.29, 1.82) is 0 Å². The molecule has 1 unspecified atom stereocenters. The summed E-state index contributed by atoms with van der Waals surface area (Å²) in [4.78, 5) is 10.4. The molecule has 4 nitrogen and oxygen atoms in total. The zero-order chi connectivity index (χ0) is 12.1. The van der Waals surface area contributed by atoms with E-state index in [1.807, 2.05) is 0 Å². The molecular weight excluding hydrogens is 215 g/mol. The Morgan fingerprint density at radius 1 is 1.56 bits per heavy atom. The van der Waals surface area contributed by atoms with E-state index >= 15 is 0 Å². The summed E-state index contributed by atoms with van der Waals surface area (Å²) in [7, 11) is 0. The van der Waals surface area contributed by atoms with Crippen molar-refractivity contribution >= 4 is 5.97 Å². The molecule has 0 saturated heterocycles. The van der Waals surface area contributed by atoms with Gasteiger partial charge in [0.25, 0.3) is 0 Å². The van der Waals surface area contributed by atoms with Crippen LogP contribution in [0.4, 0.5) is 4.39 Å². The van der Waals surface area contributed by atoms with Crippen LogP contribution in [0.5, 0.6) is 5.75 Å². The van der Waals surface area contributed by atoms with Gasteiger partial charge in [-0.25, -0.2) is 4.39 Å². The van der Waals surface area contributed by atoms with Crippen molar-refractivity contribution in [3.8, 4) is 5.75 Å². The van der Waals surface area contributed by atoms with Crippen molar-refractivity contribution in [2.75, 3.05) is 6.61 Å². The van der Waals surface area contributed by atoms with Gasteiger partial charge in [-0.05, 0) is 24.6 Å². The predicted molar refractivity (Wildman–Crippen MR) is 54.8 cm³/mol. The van der Waals surface area contributed by atoms with Gasteiger partial charge in [-0.1, -0.05) is 6.07 Å². The number of rotatable bonds is 5. The largest absolute Gasteiger partial charge is 0.491 e. The highest BCUT2D eigenvalue weighted by molar-refractivity contribution is 5.67. The minimum atomic E-state index is -1.21. The second kappa shape index (κ2) is 5.46. The number of carboxylic acids is 1. The third kappa shape index (κ3) is 3.20. The number of carbonyl (C=O) groups is 1. The normalized spacial score (nSPS) is 12.2. The molecule has 0 heterocycles. The molecule has 2 N–H and O–H groups in total. The van der Waals surface area contributed by atoms with E-state index in [0.717, 1.165) is 6.07 Å². The number of benzene rings is 1. The molecular formula is C11H13FO4. The fourth-order valence-electron chi connectivity index (χ4n) is 1.28. The number of hydrogen-bond acceptors (Lipinski definition) is 3. The van der Waals surface area contributed by atoms with Crippen molar-refractivity contribution in [2.24, 2.45) is 0 Å².